The highest BCUT2D eigenvalue weighted by Gasteiger charge is 2.21. The highest BCUT2D eigenvalue weighted by atomic mass is 35.5. The van der Waals surface area contributed by atoms with E-state index < -0.39 is 11.9 Å². The van der Waals surface area contributed by atoms with Crippen LogP contribution in [0.4, 0.5) is 0 Å². The number of aliphatic hydroxyl groups excluding tert-OH is 2. The van der Waals surface area contributed by atoms with Gasteiger partial charge in [-0.3, -0.25) is 4.79 Å². The van der Waals surface area contributed by atoms with E-state index in [-0.39, 0.29) is 13.2 Å². The molecule has 1 aromatic carbocycles. The van der Waals surface area contributed by atoms with Crippen molar-refractivity contribution in [2.75, 3.05) is 13.2 Å². The van der Waals surface area contributed by atoms with Gasteiger partial charge in [0.25, 0.3) is 5.91 Å². The molecule has 0 unspecified atom stereocenters. The number of aryl methyl sites for hydroxylation is 1. The third-order valence-electron chi connectivity index (χ3n) is 3.04. The molecule has 0 aliphatic heterocycles. The van der Waals surface area contributed by atoms with Crippen molar-refractivity contribution < 1.29 is 15.0 Å². The Morgan fingerprint density at radius 1 is 1.37 bits per heavy atom. The number of rotatable bonds is 4. The number of benzene rings is 1. The molecule has 1 amide bonds. The summed E-state index contributed by atoms with van der Waals surface area (Å²) < 4.78 is 1.69. The van der Waals surface area contributed by atoms with E-state index in [0.717, 1.165) is 10.9 Å². The summed E-state index contributed by atoms with van der Waals surface area (Å²) >= 11 is 6.22. The van der Waals surface area contributed by atoms with Crippen molar-refractivity contribution in [2.45, 2.75) is 6.04 Å². The first kappa shape index (κ1) is 13.9. The van der Waals surface area contributed by atoms with Gasteiger partial charge in [0.15, 0.2) is 0 Å². The summed E-state index contributed by atoms with van der Waals surface area (Å²) in [6, 6.07) is 6.73. The topological polar surface area (TPSA) is 74.5 Å². The Labute approximate surface area is 115 Å². The van der Waals surface area contributed by atoms with Gasteiger partial charge in [0.05, 0.1) is 24.3 Å². The normalized spacial score (nSPS) is 11.2. The lowest BCUT2D eigenvalue weighted by atomic mass is 10.2. The highest BCUT2D eigenvalue weighted by Crippen LogP contribution is 2.29. The van der Waals surface area contributed by atoms with E-state index in [4.69, 9.17) is 21.8 Å². The summed E-state index contributed by atoms with van der Waals surface area (Å²) in [7, 11) is 1.75. The SMILES string of the molecule is Cn1c(C(=O)NC(CO)CO)c(Cl)c2ccccc21. The molecule has 2 aromatic rings. The van der Waals surface area contributed by atoms with Gasteiger partial charge in [-0.2, -0.15) is 0 Å². The van der Waals surface area contributed by atoms with Crippen LogP contribution in [0.3, 0.4) is 0 Å². The molecule has 1 heterocycles. The Morgan fingerprint density at radius 2 is 2.00 bits per heavy atom. The molecule has 0 spiro atoms. The summed E-state index contributed by atoms with van der Waals surface area (Å²) in [5, 5.41) is 21.7. The molecule has 2 rings (SSSR count). The number of nitrogens with zero attached hydrogens (tertiary/aromatic N) is 1. The van der Waals surface area contributed by atoms with Gasteiger partial charge in [-0.05, 0) is 6.07 Å². The summed E-state index contributed by atoms with van der Waals surface area (Å²) in [5.74, 6) is -0.420. The van der Waals surface area contributed by atoms with Crippen LogP contribution in [-0.4, -0.2) is 39.9 Å². The van der Waals surface area contributed by atoms with E-state index in [9.17, 15) is 4.79 Å². The van der Waals surface area contributed by atoms with Crippen molar-refractivity contribution in [3.63, 3.8) is 0 Å². The lowest BCUT2D eigenvalue weighted by molar-refractivity contribution is 0.0872. The molecule has 102 valence electrons. The molecule has 6 heteroatoms. The first-order chi connectivity index (χ1) is 9.10. The zero-order chi connectivity index (χ0) is 14.0. The van der Waals surface area contributed by atoms with Crippen molar-refractivity contribution in [3.05, 3.63) is 35.0 Å². The quantitative estimate of drug-likeness (QED) is 0.780. The van der Waals surface area contributed by atoms with Crippen molar-refractivity contribution >= 4 is 28.4 Å². The van der Waals surface area contributed by atoms with E-state index in [0.29, 0.717) is 10.7 Å². The van der Waals surface area contributed by atoms with Crippen molar-refractivity contribution in [1.82, 2.24) is 9.88 Å². The molecule has 5 nitrogen and oxygen atoms in total. The third-order valence-corrected chi connectivity index (χ3v) is 3.42. The number of amides is 1. The van der Waals surface area contributed by atoms with Crippen molar-refractivity contribution in [1.29, 1.82) is 0 Å². The van der Waals surface area contributed by atoms with Gasteiger partial charge >= 0.3 is 0 Å². The molecule has 0 saturated heterocycles. The minimum absolute atomic E-state index is 0.315. The van der Waals surface area contributed by atoms with E-state index in [2.05, 4.69) is 5.32 Å². The fourth-order valence-corrected chi connectivity index (χ4v) is 2.37. The average Bonchev–Trinajstić information content (AvgIpc) is 2.69. The minimum Gasteiger partial charge on any atom is -0.394 e. The first-order valence-electron chi connectivity index (χ1n) is 5.85. The van der Waals surface area contributed by atoms with E-state index in [1.807, 2.05) is 24.3 Å². The van der Waals surface area contributed by atoms with Gasteiger partial charge in [-0.15, -0.1) is 0 Å². The average molecular weight is 283 g/mol. The van der Waals surface area contributed by atoms with Crippen LogP contribution in [0.2, 0.25) is 5.02 Å². The van der Waals surface area contributed by atoms with Crippen LogP contribution in [0.1, 0.15) is 10.5 Å². The van der Waals surface area contributed by atoms with Gasteiger partial charge in [0, 0.05) is 18.0 Å². The van der Waals surface area contributed by atoms with Crippen LogP contribution in [0.15, 0.2) is 24.3 Å². The van der Waals surface area contributed by atoms with Crippen LogP contribution in [0.5, 0.6) is 0 Å². The van der Waals surface area contributed by atoms with Crippen LogP contribution in [0.25, 0.3) is 10.9 Å². The smallest absolute Gasteiger partial charge is 0.269 e. The second-order valence-electron chi connectivity index (χ2n) is 4.27. The molecular formula is C13H15ClN2O3. The fourth-order valence-electron chi connectivity index (χ4n) is 2.00. The maximum atomic E-state index is 12.1. The Hall–Kier alpha value is -1.56. The number of aliphatic hydroxyl groups is 2. The summed E-state index contributed by atoms with van der Waals surface area (Å²) in [6.07, 6.45) is 0. The molecule has 19 heavy (non-hydrogen) atoms. The lowest BCUT2D eigenvalue weighted by Gasteiger charge is -2.13. The monoisotopic (exact) mass is 282 g/mol. The second-order valence-corrected chi connectivity index (χ2v) is 4.65. The van der Waals surface area contributed by atoms with Crippen molar-refractivity contribution in [3.8, 4) is 0 Å². The molecular weight excluding hydrogens is 268 g/mol. The number of hydrogen-bond donors (Lipinski definition) is 3. The summed E-state index contributed by atoms with van der Waals surface area (Å²) in [6.45, 7) is -0.659. The third kappa shape index (κ3) is 2.45. The molecule has 0 fully saturated rings. The molecule has 3 N–H and O–H groups in total. The number of aromatic nitrogens is 1. The van der Waals surface area contributed by atoms with Crippen molar-refractivity contribution in [2.24, 2.45) is 7.05 Å². The van der Waals surface area contributed by atoms with E-state index >= 15 is 0 Å². The van der Waals surface area contributed by atoms with Crippen LogP contribution < -0.4 is 5.32 Å². The predicted molar refractivity (Wildman–Crippen MR) is 73.4 cm³/mol. The first-order valence-corrected chi connectivity index (χ1v) is 6.23. The molecule has 1 aromatic heterocycles. The number of para-hydroxylation sites is 1. The summed E-state index contributed by atoms with van der Waals surface area (Å²) in [5.41, 5.74) is 1.16. The van der Waals surface area contributed by atoms with Crippen LogP contribution in [-0.2, 0) is 7.05 Å². The number of halogens is 1. The number of carbonyl (C=O) groups is 1. The van der Waals surface area contributed by atoms with Gasteiger partial charge in [0.1, 0.15) is 5.69 Å². The van der Waals surface area contributed by atoms with E-state index in [1.54, 1.807) is 11.6 Å². The number of nitrogens with one attached hydrogen (secondary N) is 1. The molecule has 0 aliphatic carbocycles. The van der Waals surface area contributed by atoms with Gasteiger partial charge in [0.2, 0.25) is 0 Å². The largest absolute Gasteiger partial charge is 0.394 e. The molecule has 0 bridgehead atoms. The zero-order valence-corrected chi connectivity index (χ0v) is 11.2. The highest BCUT2D eigenvalue weighted by molar-refractivity contribution is 6.38. The maximum Gasteiger partial charge on any atom is 0.269 e. The Balaban J connectivity index is 2.42. The molecule has 0 aliphatic rings. The number of hydrogen-bond acceptors (Lipinski definition) is 3. The lowest BCUT2D eigenvalue weighted by Crippen LogP contribution is -2.40. The Kier molecular flexibility index (Phi) is 4.09. The van der Waals surface area contributed by atoms with Crippen LogP contribution in [0, 0.1) is 0 Å². The van der Waals surface area contributed by atoms with Gasteiger partial charge in [-0.25, -0.2) is 0 Å². The molecule has 0 saturated carbocycles. The Morgan fingerprint density at radius 3 is 2.58 bits per heavy atom. The predicted octanol–water partition coefficient (Wildman–Crippen LogP) is 0.915. The van der Waals surface area contributed by atoms with E-state index in [1.165, 1.54) is 0 Å². The second kappa shape index (κ2) is 5.61. The van der Waals surface area contributed by atoms with Gasteiger partial charge in [-0.1, -0.05) is 29.8 Å². The summed E-state index contributed by atoms with van der Waals surface area (Å²) in [4.78, 5) is 12.1. The molecule has 0 atom stereocenters. The number of fused-ring (bicyclic) bond motifs is 1. The van der Waals surface area contributed by atoms with Crippen LogP contribution >= 0.6 is 11.6 Å². The Bertz CT molecular complexity index is 566. The molecule has 0 radical (unpaired) electrons. The zero-order valence-electron chi connectivity index (χ0n) is 10.4. The van der Waals surface area contributed by atoms with Gasteiger partial charge < -0.3 is 20.1 Å². The number of carbonyl (C=O) groups excluding carboxylic acids is 1. The fraction of sp³-hybridized carbons (Fsp3) is 0.308. The minimum atomic E-state index is -0.693. The standard InChI is InChI=1S/C13H15ClN2O3/c1-16-10-5-3-2-4-9(10)11(14)12(16)13(19)15-8(6-17)7-18/h2-5,8,17-18H,6-7H2,1H3,(H,15,19). The maximum absolute atomic E-state index is 12.1.